The van der Waals surface area contributed by atoms with Crippen molar-refractivity contribution >= 4 is 17.6 Å². The van der Waals surface area contributed by atoms with Crippen LogP contribution in [0.15, 0.2) is 29.3 Å². The lowest BCUT2D eigenvalue weighted by molar-refractivity contribution is 0.232. The molecule has 1 aromatic rings. The van der Waals surface area contributed by atoms with Crippen molar-refractivity contribution in [3.63, 3.8) is 0 Å². The standard InChI is InChI=1S/C9H12ClN3O/c1-6(12-9(11)13-14)7-2-4-8(10)5-3-7/h2-6,14H,1H3,(H3,11,12,13). The molecule has 0 heterocycles. The van der Waals surface area contributed by atoms with E-state index in [0.717, 1.165) is 5.56 Å². The Labute approximate surface area is 87.4 Å². The number of benzene rings is 1. The lowest BCUT2D eigenvalue weighted by Crippen LogP contribution is -2.28. The molecule has 0 amide bonds. The first kappa shape index (κ1) is 10.8. The zero-order valence-electron chi connectivity index (χ0n) is 7.74. The molecule has 0 fully saturated rings. The van der Waals surface area contributed by atoms with Gasteiger partial charge in [0.15, 0.2) is 0 Å². The van der Waals surface area contributed by atoms with Gasteiger partial charge in [0.1, 0.15) is 0 Å². The minimum Gasteiger partial charge on any atom is -0.368 e. The molecule has 1 unspecified atom stereocenters. The van der Waals surface area contributed by atoms with Gasteiger partial charge in [0.2, 0.25) is 5.96 Å². The fraction of sp³-hybridized carbons (Fsp3) is 0.222. The van der Waals surface area contributed by atoms with E-state index in [1.54, 1.807) is 17.6 Å². The summed E-state index contributed by atoms with van der Waals surface area (Å²) in [7, 11) is 0. The van der Waals surface area contributed by atoms with E-state index in [0.29, 0.717) is 5.02 Å². The Balaban J connectivity index is 2.79. The van der Waals surface area contributed by atoms with Crippen LogP contribution in [0.4, 0.5) is 0 Å². The number of nitrogens with zero attached hydrogens (tertiary/aromatic N) is 1. The summed E-state index contributed by atoms with van der Waals surface area (Å²) < 4.78 is 0. The summed E-state index contributed by atoms with van der Waals surface area (Å²) in [6.45, 7) is 1.87. The van der Waals surface area contributed by atoms with E-state index in [-0.39, 0.29) is 12.0 Å². The van der Waals surface area contributed by atoms with Gasteiger partial charge in [0.25, 0.3) is 0 Å². The number of hydrogen-bond donors (Lipinski definition) is 3. The van der Waals surface area contributed by atoms with Gasteiger partial charge in [-0.2, -0.15) is 0 Å². The van der Waals surface area contributed by atoms with Crippen LogP contribution in [0, 0.1) is 0 Å². The van der Waals surface area contributed by atoms with Crippen LogP contribution in [0.5, 0.6) is 0 Å². The Kier molecular flexibility index (Phi) is 3.73. The molecule has 0 saturated carbocycles. The average molecular weight is 214 g/mol. The summed E-state index contributed by atoms with van der Waals surface area (Å²) in [6.07, 6.45) is 0. The van der Waals surface area contributed by atoms with E-state index in [2.05, 4.69) is 4.99 Å². The topological polar surface area (TPSA) is 70.6 Å². The number of halogens is 1. The minimum atomic E-state index is -0.119. The number of nitrogens with two attached hydrogens (primary N) is 1. The first-order valence-electron chi connectivity index (χ1n) is 4.12. The highest BCUT2D eigenvalue weighted by Gasteiger charge is 2.03. The average Bonchev–Trinajstić information content (AvgIpc) is 2.18. The van der Waals surface area contributed by atoms with Crippen LogP contribution in [-0.4, -0.2) is 11.2 Å². The zero-order valence-corrected chi connectivity index (χ0v) is 8.49. The molecule has 4 N–H and O–H groups in total. The predicted molar refractivity (Wildman–Crippen MR) is 56.4 cm³/mol. The number of rotatable bonds is 2. The minimum absolute atomic E-state index is 0.00699. The van der Waals surface area contributed by atoms with Crippen molar-refractivity contribution in [2.75, 3.05) is 0 Å². The van der Waals surface area contributed by atoms with Crippen LogP contribution in [0.25, 0.3) is 0 Å². The van der Waals surface area contributed by atoms with Crippen molar-refractivity contribution in [1.82, 2.24) is 5.48 Å². The third-order valence-electron chi connectivity index (χ3n) is 1.80. The first-order chi connectivity index (χ1) is 6.63. The van der Waals surface area contributed by atoms with Gasteiger partial charge >= 0.3 is 0 Å². The highest BCUT2D eigenvalue weighted by atomic mass is 35.5. The quantitative estimate of drug-likeness (QED) is 0.398. The number of hydroxylamine groups is 1. The molecule has 0 bridgehead atoms. The SMILES string of the molecule is CC(N=C(N)NO)c1ccc(Cl)cc1. The van der Waals surface area contributed by atoms with E-state index in [1.807, 2.05) is 19.1 Å². The van der Waals surface area contributed by atoms with Crippen molar-refractivity contribution in [1.29, 1.82) is 0 Å². The molecule has 0 spiro atoms. The predicted octanol–water partition coefficient (Wildman–Crippen LogP) is 1.69. The molecule has 1 atom stereocenters. The van der Waals surface area contributed by atoms with Gasteiger partial charge in [0, 0.05) is 5.02 Å². The molecule has 0 aliphatic rings. The molecular formula is C9H12ClN3O. The summed E-state index contributed by atoms with van der Waals surface area (Å²) in [6, 6.07) is 7.17. The smallest absolute Gasteiger partial charge is 0.213 e. The van der Waals surface area contributed by atoms with Gasteiger partial charge in [0.05, 0.1) is 6.04 Å². The molecule has 1 aromatic carbocycles. The maximum Gasteiger partial charge on any atom is 0.213 e. The van der Waals surface area contributed by atoms with E-state index in [1.165, 1.54) is 0 Å². The Morgan fingerprint density at radius 3 is 2.57 bits per heavy atom. The Morgan fingerprint density at radius 2 is 2.07 bits per heavy atom. The molecular weight excluding hydrogens is 202 g/mol. The fourth-order valence-electron chi connectivity index (χ4n) is 1.05. The van der Waals surface area contributed by atoms with Crippen LogP contribution in [0.3, 0.4) is 0 Å². The monoisotopic (exact) mass is 213 g/mol. The fourth-order valence-corrected chi connectivity index (χ4v) is 1.18. The Hall–Kier alpha value is -1.26. The van der Waals surface area contributed by atoms with Crippen molar-refractivity contribution in [3.05, 3.63) is 34.9 Å². The molecule has 0 aromatic heterocycles. The second kappa shape index (κ2) is 4.83. The normalized spacial score (nSPS) is 13.8. The Morgan fingerprint density at radius 1 is 1.50 bits per heavy atom. The molecule has 0 radical (unpaired) electrons. The van der Waals surface area contributed by atoms with Gasteiger partial charge in [-0.3, -0.25) is 5.21 Å². The molecule has 76 valence electrons. The van der Waals surface area contributed by atoms with Crippen molar-refractivity contribution in [3.8, 4) is 0 Å². The largest absolute Gasteiger partial charge is 0.368 e. The molecule has 0 aliphatic carbocycles. The van der Waals surface area contributed by atoms with Crippen molar-refractivity contribution < 1.29 is 5.21 Å². The highest BCUT2D eigenvalue weighted by Crippen LogP contribution is 2.18. The molecule has 4 nitrogen and oxygen atoms in total. The second-order valence-electron chi connectivity index (χ2n) is 2.85. The van der Waals surface area contributed by atoms with Crippen molar-refractivity contribution in [2.24, 2.45) is 10.7 Å². The summed E-state index contributed by atoms with van der Waals surface area (Å²) in [5.74, 6) is -0.00699. The maximum absolute atomic E-state index is 8.45. The third-order valence-corrected chi connectivity index (χ3v) is 2.05. The van der Waals surface area contributed by atoms with Crippen LogP contribution >= 0.6 is 11.6 Å². The van der Waals surface area contributed by atoms with Crippen molar-refractivity contribution in [2.45, 2.75) is 13.0 Å². The summed E-state index contributed by atoms with van der Waals surface area (Å²) in [5.41, 5.74) is 8.06. The van der Waals surface area contributed by atoms with Crippen LogP contribution < -0.4 is 11.2 Å². The lowest BCUT2D eigenvalue weighted by Gasteiger charge is -2.07. The molecule has 14 heavy (non-hydrogen) atoms. The van der Waals surface area contributed by atoms with E-state index in [9.17, 15) is 0 Å². The second-order valence-corrected chi connectivity index (χ2v) is 3.29. The van der Waals surface area contributed by atoms with Gasteiger partial charge in [-0.05, 0) is 24.6 Å². The van der Waals surface area contributed by atoms with E-state index < -0.39 is 0 Å². The summed E-state index contributed by atoms with van der Waals surface area (Å²) in [5, 5.41) is 9.13. The van der Waals surface area contributed by atoms with Gasteiger partial charge < -0.3 is 5.73 Å². The number of hydrogen-bond acceptors (Lipinski definition) is 2. The molecule has 5 heteroatoms. The number of nitrogens with one attached hydrogen (secondary N) is 1. The van der Waals surface area contributed by atoms with Gasteiger partial charge in [-0.1, -0.05) is 23.7 Å². The maximum atomic E-state index is 8.45. The number of aliphatic imine (C=N–C) groups is 1. The Bertz CT molecular complexity index is 323. The molecule has 0 aliphatic heterocycles. The number of guanidine groups is 1. The van der Waals surface area contributed by atoms with E-state index in [4.69, 9.17) is 22.5 Å². The first-order valence-corrected chi connectivity index (χ1v) is 4.50. The summed E-state index contributed by atoms with van der Waals surface area (Å²) in [4.78, 5) is 3.99. The molecule has 1 rings (SSSR count). The summed E-state index contributed by atoms with van der Waals surface area (Å²) >= 11 is 5.74. The third kappa shape index (κ3) is 2.90. The van der Waals surface area contributed by atoms with Crippen LogP contribution in [0.1, 0.15) is 18.5 Å². The van der Waals surface area contributed by atoms with Gasteiger partial charge in [-0.15, -0.1) is 0 Å². The lowest BCUT2D eigenvalue weighted by atomic mass is 10.1. The van der Waals surface area contributed by atoms with Gasteiger partial charge in [-0.25, -0.2) is 10.5 Å². The van der Waals surface area contributed by atoms with Crippen LogP contribution in [0.2, 0.25) is 5.02 Å². The van der Waals surface area contributed by atoms with E-state index >= 15 is 0 Å². The van der Waals surface area contributed by atoms with Crippen LogP contribution in [-0.2, 0) is 0 Å². The highest BCUT2D eigenvalue weighted by molar-refractivity contribution is 6.30. The molecule has 0 saturated heterocycles. The zero-order chi connectivity index (χ0) is 10.6.